The summed E-state index contributed by atoms with van der Waals surface area (Å²) in [6, 6.07) is 1.96. The Morgan fingerprint density at radius 3 is 2.57 bits per heavy atom. The number of nitrogens with zero attached hydrogens (tertiary/aromatic N) is 4. The summed E-state index contributed by atoms with van der Waals surface area (Å²) in [4.78, 5) is 37.8. The van der Waals surface area contributed by atoms with Crippen molar-refractivity contribution >= 4 is 44.9 Å². The van der Waals surface area contributed by atoms with Crippen molar-refractivity contribution in [1.29, 1.82) is 0 Å². The van der Waals surface area contributed by atoms with Crippen molar-refractivity contribution in [2.45, 2.75) is 26.6 Å². The Bertz CT molecular complexity index is 1200. The van der Waals surface area contributed by atoms with Crippen LogP contribution in [-0.4, -0.2) is 31.5 Å². The highest BCUT2D eigenvalue weighted by Crippen LogP contribution is 2.39. The molecule has 2 amide bonds. The Hall–Kier alpha value is -3.55. The van der Waals surface area contributed by atoms with E-state index in [1.807, 2.05) is 0 Å². The first kappa shape index (κ1) is 21.2. The highest BCUT2D eigenvalue weighted by atomic mass is 32.1. The zero-order valence-corrected chi connectivity index (χ0v) is 16.2. The summed E-state index contributed by atoms with van der Waals surface area (Å²) in [5, 5.41) is 17.5. The Balaban J connectivity index is 2.03. The van der Waals surface area contributed by atoms with Crippen LogP contribution in [-0.2, 0) is 17.5 Å². The van der Waals surface area contributed by atoms with Crippen molar-refractivity contribution in [2.24, 2.45) is 5.73 Å². The van der Waals surface area contributed by atoms with Crippen LogP contribution in [0.25, 0.3) is 10.2 Å². The van der Waals surface area contributed by atoms with Crippen LogP contribution in [0.3, 0.4) is 0 Å². The predicted octanol–water partition coefficient (Wildman–Crippen LogP) is 2.77. The maximum Gasteiger partial charge on any atom is 0.433 e. The number of amides is 2. The number of hydrogen-bond acceptors (Lipinski definition) is 7. The van der Waals surface area contributed by atoms with Gasteiger partial charge in [0.1, 0.15) is 15.4 Å². The Labute approximate surface area is 169 Å². The third kappa shape index (κ3) is 3.94. The number of carbonyl (C=O) groups is 2. The smallest absolute Gasteiger partial charge is 0.365 e. The number of aryl methyl sites for hydroxylation is 2. The van der Waals surface area contributed by atoms with Gasteiger partial charge in [-0.2, -0.15) is 13.2 Å². The highest BCUT2D eigenvalue weighted by molar-refractivity contribution is 7.21. The van der Waals surface area contributed by atoms with E-state index in [9.17, 15) is 32.9 Å². The topological polar surface area (TPSA) is 146 Å². The lowest BCUT2D eigenvalue weighted by molar-refractivity contribution is -0.392. The number of nitro groups is 1. The number of pyridine rings is 1. The van der Waals surface area contributed by atoms with Gasteiger partial charge in [0.25, 0.3) is 11.8 Å². The Kier molecular flexibility index (Phi) is 5.20. The molecule has 0 aliphatic rings. The summed E-state index contributed by atoms with van der Waals surface area (Å²) in [6.07, 6.45) is -4.70. The average molecular weight is 442 g/mol. The minimum absolute atomic E-state index is 0.0993. The third-order valence-corrected chi connectivity index (χ3v) is 5.10. The van der Waals surface area contributed by atoms with E-state index < -0.39 is 41.0 Å². The number of alkyl halides is 3. The molecule has 0 radical (unpaired) electrons. The molecule has 30 heavy (non-hydrogen) atoms. The number of fused-ring (bicyclic) bond motifs is 1. The maximum absolute atomic E-state index is 13.0. The van der Waals surface area contributed by atoms with Crippen LogP contribution in [0.2, 0.25) is 0 Å². The van der Waals surface area contributed by atoms with Crippen LogP contribution in [0, 0.1) is 24.0 Å². The highest BCUT2D eigenvalue weighted by Gasteiger charge is 2.34. The summed E-state index contributed by atoms with van der Waals surface area (Å²) >= 11 is 0.606. The van der Waals surface area contributed by atoms with E-state index in [1.54, 1.807) is 0 Å². The zero-order chi connectivity index (χ0) is 22.4. The number of nitrogens with two attached hydrogens (primary N) is 1. The van der Waals surface area contributed by atoms with E-state index in [1.165, 1.54) is 19.9 Å². The van der Waals surface area contributed by atoms with Crippen LogP contribution in [0.5, 0.6) is 0 Å². The molecular formula is C16H13F3N6O4S. The second-order valence-electron chi connectivity index (χ2n) is 6.28. The maximum atomic E-state index is 13.0. The second kappa shape index (κ2) is 7.37. The Morgan fingerprint density at radius 2 is 2.00 bits per heavy atom. The number of rotatable bonds is 5. The molecule has 158 valence electrons. The molecular weight excluding hydrogens is 429 g/mol. The summed E-state index contributed by atoms with van der Waals surface area (Å²) < 4.78 is 40.0. The molecule has 0 atom stereocenters. The molecule has 3 rings (SSSR count). The number of hydrogen-bond donors (Lipinski definition) is 2. The molecule has 0 bridgehead atoms. The quantitative estimate of drug-likeness (QED) is 0.459. The lowest BCUT2D eigenvalue weighted by Gasteiger charge is -2.09. The molecule has 10 nitrogen and oxygen atoms in total. The van der Waals surface area contributed by atoms with E-state index >= 15 is 0 Å². The zero-order valence-electron chi connectivity index (χ0n) is 15.4. The van der Waals surface area contributed by atoms with Gasteiger partial charge in [-0.15, -0.1) is 16.0 Å². The number of carbonyl (C=O) groups excluding carboxylic acids is 2. The van der Waals surface area contributed by atoms with Crippen LogP contribution < -0.4 is 11.1 Å². The minimum Gasteiger partial charge on any atom is -0.365 e. The fraction of sp³-hybridized carbons (Fsp3) is 0.250. The molecule has 3 aromatic rings. The van der Waals surface area contributed by atoms with Gasteiger partial charge in [0.2, 0.25) is 0 Å². The largest absolute Gasteiger partial charge is 0.433 e. The molecule has 0 aliphatic carbocycles. The fourth-order valence-corrected chi connectivity index (χ4v) is 3.89. The molecule has 14 heteroatoms. The molecule has 0 saturated carbocycles. The molecule has 0 aromatic carbocycles. The van der Waals surface area contributed by atoms with Crippen LogP contribution >= 0.6 is 11.3 Å². The molecule has 0 saturated heterocycles. The molecule has 0 fully saturated rings. The van der Waals surface area contributed by atoms with Crippen molar-refractivity contribution in [3.63, 3.8) is 0 Å². The normalized spacial score (nSPS) is 11.6. The molecule has 0 spiro atoms. The minimum atomic E-state index is -4.70. The Morgan fingerprint density at radius 1 is 1.33 bits per heavy atom. The number of anilines is 1. The molecule has 0 unspecified atom stereocenters. The van der Waals surface area contributed by atoms with E-state index in [4.69, 9.17) is 5.73 Å². The van der Waals surface area contributed by atoms with Gasteiger partial charge < -0.3 is 21.2 Å². The second-order valence-corrected chi connectivity index (χ2v) is 7.28. The van der Waals surface area contributed by atoms with Crippen molar-refractivity contribution < 1.29 is 27.7 Å². The van der Waals surface area contributed by atoms with Gasteiger partial charge in [-0.1, -0.05) is 5.10 Å². The lowest BCUT2D eigenvalue weighted by atomic mass is 10.1. The van der Waals surface area contributed by atoms with Crippen molar-refractivity contribution in [3.8, 4) is 0 Å². The van der Waals surface area contributed by atoms with E-state index in [2.05, 4.69) is 15.4 Å². The SMILES string of the molecule is Cc1cc([N+](=O)[O-])n(CC(=O)Nc2c(C(N)=O)sc3nc(C(F)(F)F)cc(C)c23)n1. The summed E-state index contributed by atoms with van der Waals surface area (Å²) in [5.41, 5.74) is 4.49. The fourth-order valence-electron chi connectivity index (χ4n) is 2.83. The number of aromatic nitrogens is 3. The predicted molar refractivity (Wildman–Crippen MR) is 100 cm³/mol. The lowest BCUT2D eigenvalue weighted by Crippen LogP contribution is -2.22. The number of nitrogens with one attached hydrogen (secondary N) is 1. The number of primary amides is 1. The van der Waals surface area contributed by atoms with E-state index in [0.29, 0.717) is 17.0 Å². The number of halogens is 3. The van der Waals surface area contributed by atoms with Gasteiger partial charge in [0.15, 0.2) is 6.54 Å². The van der Waals surface area contributed by atoms with Crippen molar-refractivity contribution in [1.82, 2.24) is 14.8 Å². The first-order chi connectivity index (χ1) is 13.9. The molecule has 3 heterocycles. The first-order valence-corrected chi connectivity index (χ1v) is 9.00. The van der Waals surface area contributed by atoms with Gasteiger partial charge >= 0.3 is 12.0 Å². The summed E-state index contributed by atoms with van der Waals surface area (Å²) in [6.45, 7) is 2.31. The van der Waals surface area contributed by atoms with E-state index in [0.717, 1.165) is 10.7 Å². The van der Waals surface area contributed by atoms with Crippen molar-refractivity contribution in [2.75, 3.05) is 5.32 Å². The average Bonchev–Trinajstić information content (AvgIpc) is 3.15. The van der Waals surface area contributed by atoms with Crippen molar-refractivity contribution in [3.05, 3.63) is 44.1 Å². The van der Waals surface area contributed by atoms with Gasteiger partial charge in [0.05, 0.1) is 17.4 Å². The molecule has 3 N–H and O–H groups in total. The van der Waals surface area contributed by atoms with E-state index in [-0.39, 0.29) is 26.3 Å². The summed E-state index contributed by atoms with van der Waals surface area (Å²) in [5.74, 6) is -2.18. The molecule has 3 aromatic heterocycles. The first-order valence-electron chi connectivity index (χ1n) is 8.18. The van der Waals surface area contributed by atoms with Gasteiger partial charge in [0, 0.05) is 5.39 Å². The monoisotopic (exact) mass is 442 g/mol. The third-order valence-electron chi connectivity index (χ3n) is 4.00. The van der Waals surface area contributed by atoms with Gasteiger partial charge in [-0.25, -0.2) is 4.98 Å². The van der Waals surface area contributed by atoms with Crippen LogP contribution in [0.15, 0.2) is 12.1 Å². The molecule has 0 aliphatic heterocycles. The van der Waals surface area contributed by atoms with Crippen LogP contribution in [0.1, 0.15) is 26.6 Å². The van der Waals surface area contributed by atoms with Gasteiger partial charge in [-0.05, 0) is 30.4 Å². The standard InChI is InChI=1S/C16H13F3N6O4S/c1-6-3-8(16(17,18)19)21-15-11(6)12(13(30-15)14(20)27)22-9(26)5-24-10(25(28)29)4-7(2)23-24/h3-4H,5H2,1-2H3,(H2,20,27)(H,22,26). The van der Waals surface area contributed by atoms with Gasteiger partial charge in [-0.3, -0.25) is 9.59 Å². The van der Waals surface area contributed by atoms with Crippen LogP contribution in [0.4, 0.5) is 24.7 Å². The number of thiophene rings is 1. The summed E-state index contributed by atoms with van der Waals surface area (Å²) in [7, 11) is 0.